The van der Waals surface area contributed by atoms with Gasteiger partial charge < -0.3 is 14.6 Å². The van der Waals surface area contributed by atoms with Gasteiger partial charge in [0.25, 0.3) is 5.91 Å². The molecule has 2 amide bonds. The van der Waals surface area contributed by atoms with Crippen molar-refractivity contribution in [3.8, 4) is 0 Å². The van der Waals surface area contributed by atoms with E-state index >= 15 is 0 Å². The molecular weight excluding hydrogens is 378 g/mol. The molecule has 1 N–H and O–H groups in total. The van der Waals surface area contributed by atoms with Crippen LogP contribution in [0.3, 0.4) is 0 Å². The number of nitrogens with one attached hydrogen (secondary N) is 1. The molecule has 2 aliphatic heterocycles. The zero-order valence-electron chi connectivity index (χ0n) is 17.5. The summed E-state index contributed by atoms with van der Waals surface area (Å²) in [6, 6.07) is 12.4. The first-order chi connectivity index (χ1) is 14.7. The van der Waals surface area contributed by atoms with E-state index in [9.17, 15) is 9.59 Å². The van der Waals surface area contributed by atoms with Gasteiger partial charge in [-0.2, -0.15) is 0 Å². The Hall–Kier alpha value is -2.60. The average molecular weight is 410 g/mol. The van der Waals surface area contributed by atoms with Crippen LogP contribution in [0.4, 0.5) is 0 Å². The van der Waals surface area contributed by atoms with E-state index in [1.165, 1.54) is 11.8 Å². The van der Waals surface area contributed by atoms with Gasteiger partial charge in [0.1, 0.15) is 6.26 Å². The van der Waals surface area contributed by atoms with Crippen molar-refractivity contribution in [1.82, 2.24) is 15.1 Å². The summed E-state index contributed by atoms with van der Waals surface area (Å²) in [6.07, 6.45) is 7.87. The monoisotopic (exact) mass is 409 g/mol. The highest BCUT2D eigenvalue weighted by molar-refractivity contribution is 5.93. The molecule has 160 valence electrons. The third kappa shape index (κ3) is 5.11. The third-order valence-electron chi connectivity index (χ3n) is 6.42. The lowest BCUT2D eigenvalue weighted by Gasteiger charge is -2.42. The molecule has 0 spiro atoms. The highest BCUT2D eigenvalue weighted by Crippen LogP contribution is 2.25. The number of hydrogen-bond acceptors (Lipinski definition) is 4. The highest BCUT2D eigenvalue weighted by Gasteiger charge is 2.32. The minimum atomic E-state index is 0.0523. The molecule has 4 rings (SSSR count). The van der Waals surface area contributed by atoms with Crippen LogP contribution in [0.5, 0.6) is 0 Å². The van der Waals surface area contributed by atoms with E-state index in [2.05, 4.69) is 22.3 Å². The molecular formula is C24H31N3O3. The van der Waals surface area contributed by atoms with Crippen LogP contribution < -0.4 is 5.32 Å². The number of carbonyl (C=O) groups excluding carboxylic acids is 2. The Bertz CT molecular complexity index is 813. The van der Waals surface area contributed by atoms with Gasteiger partial charge in [-0.1, -0.05) is 30.3 Å². The summed E-state index contributed by atoms with van der Waals surface area (Å²) in [7, 11) is 0. The molecule has 0 radical (unpaired) electrons. The van der Waals surface area contributed by atoms with E-state index in [0.29, 0.717) is 18.2 Å². The quantitative estimate of drug-likeness (QED) is 0.797. The first-order valence-electron chi connectivity index (χ1n) is 11.1. The smallest absolute Gasteiger partial charge is 0.257 e. The molecule has 1 unspecified atom stereocenters. The van der Waals surface area contributed by atoms with Gasteiger partial charge in [0.05, 0.1) is 17.7 Å². The number of amides is 2. The van der Waals surface area contributed by atoms with E-state index in [4.69, 9.17) is 4.42 Å². The fourth-order valence-corrected chi connectivity index (χ4v) is 4.67. The topological polar surface area (TPSA) is 65.8 Å². The standard InChI is InChI=1S/C24H31N3O3/c28-23(25-12-8-19-5-2-1-3-6-19)20-7-4-13-27(17-20)22-9-14-26(15-10-22)24(29)21-11-16-30-18-21/h1-3,5-6,11,16,18,20,22H,4,7-10,12-15,17H2,(H,25,28). The Labute approximate surface area is 178 Å². The van der Waals surface area contributed by atoms with Crippen molar-refractivity contribution in [3.63, 3.8) is 0 Å². The summed E-state index contributed by atoms with van der Waals surface area (Å²) in [5.74, 6) is 0.305. The van der Waals surface area contributed by atoms with E-state index in [1.54, 1.807) is 12.3 Å². The Morgan fingerprint density at radius 2 is 1.83 bits per heavy atom. The fourth-order valence-electron chi connectivity index (χ4n) is 4.67. The normalized spacial score (nSPS) is 20.8. The zero-order chi connectivity index (χ0) is 20.8. The van der Waals surface area contributed by atoms with Crippen LogP contribution in [-0.2, 0) is 11.2 Å². The Kier molecular flexibility index (Phi) is 6.84. The number of furan rings is 1. The maximum atomic E-state index is 12.7. The molecule has 1 atom stereocenters. The second-order valence-electron chi connectivity index (χ2n) is 8.40. The van der Waals surface area contributed by atoms with Crippen LogP contribution in [0.1, 0.15) is 41.6 Å². The second kappa shape index (κ2) is 9.94. The van der Waals surface area contributed by atoms with Gasteiger partial charge in [-0.25, -0.2) is 0 Å². The van der Waals surface area contributed by atoms with Crippen LogP contribution in [0, 0.1) is 5.92 Å². The number of nitrogens with zero attached hydrogens (tertiary/aromatic N) is 2. The number of benzene rings is 1. The third-order valence-corrected chi connectivity index (χ3v) is 6.42. The maximum Gasteiger partial charge on any atom is 0.257 e. The van der Waals surface area contributed by atoms with Gasteiger partial charge in [0.2, 0.25) is 5.91 Å². The van der Waals surface area contributed by atoms with Crippen molar-refractivity contribution in [2.24, 2.45) is 5.92 Å². The minimum Gasteiger partial charge on any atom is -0.472 e. The molecule has 0 aliphatic carbocycles. The van der Waals surface area contributed by atoms with E-state index in [0.717, 1.165) is 58.3 Å². The summed E-state index contributed by atoms with van der Waals surface area (Å²) < 4.78 is 5.04. The Morgan fingerprint density at radius 3 is 2.57 bits per heavy atom. The molecule has 6 nitrogen and oxygen atoms in total. The number of piperidine rings is 2. The molecule has 2 fully saturated rings. The molecule has 6 heteroatoms. The molecule has 3 heterocycles. The predicted octanol–water partition coefficient (Wildman–Crippen LogP) is 2.96. The maximum absolute atomic E-state index is 12.7. The molecule has 1 aromatic heterocycles. The molecule has 2 aliphatic rings. The number of carbonyl (C=O) groups is 2. The summed E-state index contributed by atoms with van der Waals surface area (Å²) in [5, 5.41) is 3.13. The highest BCUT2D eigenvalue weighted by atomic mass is 16.3. The fraction of sp³-hybridized carbons (Fsp3) is 0.500. The largest absolute Gasteiger partial charge is 0.472 e. The van der Waals surface area contributed by atoms with Crippen molar-refractivity contribution < 1.29 is 14.0 Å². The molecule has 30 heavy (non-hydrogen) atoms. The van der Waals surface area contributed by atoms with Crippen LogP contribution >= 0.6 is 0 Å². The van der Waals surface area contributed by atoms with Gasteiger partial charge in [-0.15, -0.1) is 0 Å². The summed E-state index contributed by atoms with van der Waals surface area (Å²) >= 11 is 0. The summed E-state index contributed by atoms with van der Waals surface area (Å²) in [4.78, 5) is 29.6. The summed E-state index contributed by atoms with van der Waals surface area (Å²) in [5.41, 5.74) is 1.87. The lowest BCUT2D eigenvalue weighted by Crippen LogP contribution is -2.51. The van der Waals surface area contributed by atoms with Crippen molar-refractivity contribution in [2.75, 3.05) is 32.7 Å². The van der Waals surface area contributed by atoms with Crippen molar-refractivity contribution in [1.29, 1.82) is 0 Å². The molecule has 1 aromatic carbocycles. The average Bonchev–Trinajstić information content (AvgIpc) is 3.34. The van der Waals surface area contributed by atoms with E-state index in [-0.39, 0.29) is 17.7 Å². The lowest BCUT2D eigenvalue weighted by atomic mass is 9.93. The van der Waals surface area contributed by atoms with Gasteiger partial charge in [-0.05, 0) is 50.3 Å². The van der Waals surface area contributed by atoms with Gasteiger partial charge in [-0.3, -0.25) is 14.5 Å². The Morgan fingerprint density at radius 1 is 1.03 bits per heavy atom. The number of hydrogen-bond donors (Lipinski definition) is 1. The van der Waals surface area contributed by atoms with Gasteiger partial charge >= 0.3 is 0 Å². The molecule has 2 saturated heterocycles. The minimum absolute atomic E-state index is 0.0523. The Balaban J connectivity index is 1.22. The van der Waals surface area contributed by atoms with Crippen molar-refractivity contribution in [3.05, 3.63) is 60.1 Å². The SMILES string of the molecule is O=C(NCCc1ccccc1)C1CCCN(C2CCN(C(=O)c3ccoc3)CC2)C1. The predicted molar refractivity (Wildman–Crippen MR) is 115 cm³/mol. The first kappa shape index (κ1) is 20.7. The molecule has 2 aromatic rings. The van der Waals surface area contributed by atoms with Crippen molar-refractivity contribution in [2.45, 2.75) is 38.1 Å². The van der Waals surface area contributed by atoms with E-state index in [1.807, 2.05) is 23.1 Å². The lowest BCUT2D eigenvalue weighted by molar-refractivity contribution is -0.127. The van der Waals surface area contributed by atoms with Crippen LogP contribution in [0.25, 0.3) is 0 Å². The second-order valence-corrected chi connectivity index (χ2v) is 8.40. The van der Waals surface area contributed by atoms with Crippen molar-refractivity contribution >= 4 is 11.8 Å². The number of likely N-dealkylation sites (tertiary alicyclic amines) is 2. The molecule has 0 bridgehead atoms. The number of rotatable bonds is 6. The van der Waals surface area contributed by atoms with Crippen LogP contribution in [0.15, 0.2) is 53.3 Å². The summed E-state index contributed by atoms with van der Waals surface area (Å²) in [6.45, 7) is 4.09. The van der Waals surface area contributed by atoms with E-state index < -0.39 is 0 Å². The van der Waals surface area contributed by atoms with Crippen LogP contribution in [-0.4, -0.2) is 60.4 Å². The zero-order valence-corrected chi connectivity index (χ0v) is 17.5. The first-order valence-corrected chi connectivity index (χ1v) is 11.1. The van der Waals surface area contributed by atoms with Crippen LogP contribution in [0.2, 0.25) is 0 Å². The van der Waals surface area contributed by atoms with Gasteiger partial charge in [0, 0.05) is 32.2 Å². The molecule has 0 saturated carbocycles. The van der Waals surface area contributed by atoms with Gasteiger partial charge in [0.15, 0.2) is 0 Å².